The molecule has 0 radical (unpaired) electrons. The molecular weight excluding hydrogens is 328 g/mol. The Kier molecular flexibility index (Phi) is 3.36. The molecule has 2 heterocycles. The van der Waals surface area contributed by atoms with Gasteiger partial charge in [0.05, 0.1) is 17.4 Å². The Balaban J connectivity index is 1.75. The van der Waals surface area contributed by atoms with E-state index in [1.54, 1.807) is 6.08 Å². The van der Waals surface area contributed by atoms with E-state index in [1.807, 2.05) is 48.5 Å². The molecule has 0 saturated carbocycles. The smallest absolute Gasteiger partial charge is 0.281 e. The summed E-state index contributed by atoms with van der Waals surface area (Å²) in [7, 11) is 0. The summed E-state index contributed by atoms with van der Waals surface area (Å²) >= 11 is 6.45. The largest absolute Gasteiger partial charge is 0.327 e. The quantitative estimate of drug-likeness (QED) is 0.575. The number of fused-ring (bicyclic) bond motifs is 1. The second-order valence-electron chi connectivity index (χ2n) is 4.94. The summed E-state index contributed by atoms with van der Waals surface area (Å²) < 4.78 is 8.49. The number of anilines is 1. The summed E-state index contributed by atoms with van der Waals surface area (Å²) in [6.07, 6.45) is 1.77. The van der Waals surface area contributed by atoms with Crippen molar-refractivity contribution in [3.8, 4) is 0 Å². The maximum atomic E-state index is 12.7. The second kappa shape index (κ2) is 5.53. The number of aromatic nitrogens is 2. The highest BCUT2D eigenvalue weighted by molar-refractivity contribution is 7.80. The molecule has 2 aromatic carbocycles. The number of carbonyl (C=O) groups excluding carboxylic acids is 1. The van der Waals surface area contributed by atoms with Crippen LogP contribution < -0.4 is 10.2 Å². The topological polar surface area (TPSA) is 58.1 Å². The first-order valence-corrected chi connectivity index (χ1v) is 8.01. The number of hydrogen-bond donors (Lipinski definition) is 1. The molecule has 0 atom stereocenters. The lowest BCUT2D eigenvalue weighted by Gasteiger charge is -2.13. The zero-order chi connectivity index (χ0) is 15.8. The summed E-state index contributed by atoms with van der Waals surface area (Å²) in [6.45, 7) is 0. The van der Waals surface area contributed by atoms with E-state index in [0.717, 1.165) is 34.0 Å². The molecule has 1 fully saturated rings. The summed E-state index contributed by atoms with van der Waals surface area (Å²) in [6, 6.07) is 15.0. The van der Waals surface area contributed by atoms with E-state index in [1.165, 1.54) is 4.90 Å². The summed E-state index contributed by atoms with van der Waals surface area (Å²) in [5, 5.41) is 3.35. The third kappa shape index (κ3) is 2.39. The van der Waals surface area contributed by atoms with Crippen LogP contribution in [0.25, 0.3) is 17.1 Å². The van der Waals surface area contributed by atoms with Crippen LogP contribution in [0.1, 0.15) is 5.56 Å². The fraction of sp³-hybridized carbons (Fsp3) is 0. The highest BCUT2D eigenvalue weighted by atomic mass is 32.1. The van der Waals surface area contributed by atoms with Gasteiger partial charge < -0.3 is 5.32 Å². The molecule has 0 aliphatic carbocycles. The van der Waals surface area contributed by atoms with Crippen LogP contribution in [0.15, 0.2) is 54.2 Å². The van der Waals surface area contributed by atoms with Gasteiger partial charge in [-0.2, -0.15) is 8.75 Å². The van der Waals surface area contributed by atoms with Gasteiger partial charge in [-0.25, -0.2) is 0 Å². The Labute approximate surface area is 141 Å². The van der Waals surface area contributed by atoms with Crippen molar-refractivity contribution < 1.29 is 4.79 Å². The maximum Gasteiger partial charge on any atom is 0.281 e. The number of thiocarbonyl (C=S) groups is 1. The Morgan fingerprint density at radius 1 is 1.09 bits per heavy atom. The summed E-state index contributed by atoms with van der Waals surface area (Å²) in [5.74, 6) is -0.179. The SMILES string of the molecule is O=C1C(=Cc2cccc3nsnc23)NC(=S)N1c1ccccc1. The van der Waals surface area contributed by atoms with Gasteiger partial charge in [-0.15, -0.1) is 0 Å². The Hall–Kier alpha value is -2.64. The van der Waals surface area contributed by atoms with Crippen molar-refractivity contribution in [2.45, 2.75) is 0 Å². The maximum absolute atomic E-state index is 12.7. The molecule has 5 nitrogen and oxygen atoms in total. The molecule has 1 aromatic heterocycles. The predicted octanol–water partition coefficient (Wildman–Crippen LogP) is 2.95. The number of rotatable bonds is 2. The molecule has 4 rings (SSSR count). The van der Waals surface area contributed by atoms with Gasteiger partial charge in [0.1, 0.15) is 16.7 Å². The monoisotopic (exact) mass is 338 g/mol. The first-order chi connectivity index (χ1) is 11.2. The first kappa shape index (κ1) is 14.0. The summed E-state index contributed by atoms with van der Waals surface area (Å²) in [4.78, 5) is 14.2. The normalized spacial score (nSPS) is 16.3. The standard InChI is InChI=1S/C16H10N4OS2/c21-15-13(9-10-5-4-8-12-14(10)19-23-18-12)17-16(22)20(15)11-6-2-1-3-7-11/h1-9H,(H,17,22). The minimum absolute atomic E-state index is 0.179. The van der Waals surface area contributed by atoms with Gasteiger partial charge in [0.25, 0.3) is 5.91 Å². The average molecular weight is 338 g/mol. The molecule has 1 aliphatic heterocycles. The highest BCUT2D eigenvalue weighted by Crippen LogP contribution is 2.24. The molecule has 1 aliphatic rings. The lowest BCUT2D eigenvalue weighted by atomic mass is 10.1. The Morgan fingerprint density at radius 2 is 1.91 bits per heavy atom. The van der Waals surface area contributed by atoms with E-state index in [9.17, 15) is 4.79 Å². The average Bonchev–Trinajstić information content (AvgIpc) is 3.14. The third-order valence-electron chi connectivity index (χ3n) is 3.51. The minimum atomic E-state index is -0.179. The van der Waals surface area contributed by atoms with Crippen molar-refractivity contribution in [3.05, 3.63) is 59.8 Å². The number of nitrogens with one attached hydrogen (secondary N) is 1. The fourth-order valence-corrected chi connectivity index (χ4v) is 3.30. The molecule has 1 N–H and O–H groups in total. The van der Waals surface area contributed by atoms with Crippen LogP contribution in [0, 0.1) is 0 Å². The van der Waals surface area contributed by atoms with E-state index in [4.69, 9.17) is 12.2 Å². The van der Waals surface area contributed by atoms with Crippen LogP contribution >= 0.6 is 23.9 Å². The van der Waals surface area contributed by atoms with Crippen molar-refractivity contribution in [1.82, 2.24) is 14.1 Å². The van der Waals surface area contributed by atoms with Crippen molar-refractivity contribution >= 4 is 57.8 Å². The van der Waals surface area contributed by atoms with Gasteiger partial charge in [-0.05, 0) is 36.5 Å². The first-order valence-electron chi connectivity index (χ1n) is 6.87. The van der Waals surface area contributed by atoms with Gasteiger partial charge in [0.2, 0.25) is 0 Å². The third-order valence-corrected chi connectivity index (χ3v) is 4.34. The summed E-state index contributed by atoms with van der Waals surface area (Å²) in [5.41, 5.74) is 3.61. The van der Waals surface area contributed by atoms with Crippen LogP contribution in [0.2, 0.25) is 0 Å². The zero-order valence-electron chi connectivity index (χ0n) is 11.8. The number of benzene rings is 2. The lowest BCUT2D eigenvalue weighted by Crippen LogP contribution is -2.30. The Morgan fingerprint density at radius 3 is 2.74 bits per heavy atom. The molecule has 7 heteroatoms. The van der Waals surface area contributed by atoms with Crippen LogP contribution in [-0.4, -0.2) is 19.8 Å². The van der Waals surface area contributed by atoms with Gasteiger partial charge in [-0.3, -0.25) is 9.69 Å². The van der Waals surface area contributed by atoms with Gasteiger partial charge in [-0.1, -0.05) is 30.3 Å². The van der Waals surface area contributed by atoms with Gasteiger partial charge >= 0.3 is 0 Å². The Bertz CT molecular complexity index is 949. The minimum Gasteiger partial charge on any atom is -0.327 e. The number of hydrogen-bond acceptors (Lipinski definition) is 5. The van der Waals surface area contributed by atoms with Crippen molar-refractivity contribution in [3.63, 3.8) is 0 Å². The number of nitrogens with zero attached hydrogens (tertiary/aromatic N) is 3. The molecule has 23 heavy (non-hydrogen) atoms. The lowest BCUT2D eigenvalue weighted by molar-refractivity contribution is -0.113. The molecular formula is C16H10N4OS2. The highest BCUT2D eigenvalue weighted by Gasteiger charge is 2.31. The van der Waals surface area contributed by atoms with Crippen LogP contribution in [0.3, 0.4) is 0 Å². The van der Waals surface area contributed by atoms with E-state index in [2.05, 4.69) is 14.1 Å². The molecule has 112 valence electrons. The van der Waals surface area contributed by atoms with E-state index < -0.39 is 0 Å². The van der Waals surface area contributed by atoms with Crippen LogP contribution in [0.4, 0.5) is 5.69 Å². The predicted molar refractivity (Wildman–Crippen MR) is 95.1 cm³/mol. The van der Waals surface area contributed by atoms with Crippen molar-refractivity contribution in [2.75, 3.05) is 4.90 Å². The number of carbonyl (C=O) groups is 1. The molecule has 0 unspecified atom stereocenters. The van der Waals surface area contributed by atoms with E-state index in [-0.39, 0.29) is 5.91 Å². The molecule has 1 amide bonds. The molecule has 3 aromatic rings. The second-order valence-corrected chi connectivity index (χ2v) is 5.86. The van der Waals surface area contributed by atoms with E-state index in [0.29, 0.717) is 10.8 Å². The fourth-order valence-electron chi connectivity index (χ4n) is 2.45. The number of amides is 1. The molecule has 0 spiro atoms. The van der Waals surface area contributed by atoms with E-state index >= 15 is 0 Å². The van der Waals surface area contributed by atoms with Gasteiger partial charge in [0.15, 0.2) is 5.11 Å². The molecule has 0 bridgehead atoms. The molecule has 1 saturated heterocycles. The zero-order valence-corrected chi connectivity index (χ0v) is 13.4. The van der Waals surface area contributed by atoms with Crippen molar-refractivity contribution in [1.29, 1.82) is 0 Å². The van der Waals surface area contributed by atoms with Crippen LogP contribution in [-0.2, 0) is 4.79 Å². The van der Waals surface area contributed by atoms with Crippen molar-refractivity contribution in [2.24, 2.45) is 0 Å². The number of para-hydroxylation sites is 1. The van der Waals surface area contributed by atoms with Gasteiger partial charge in [0, 0.05) is 5.56 Å². The van der Waals surface area contributed by atoms with Crippen LogP contribution in [0.5, 0.6) is 0 Å².